The number of carbonyl (C=O) groups is 1. The molecule has 2 aromatic rings. The minimum atomic E-state index is -3.72. The third-order valence-corrected chi connectivity index (χ3v) is 6.88. The van der Waals surface area contributed by atoms with Gasteiger partial charge in [-0.1, -0.05) is 6.07 Å². The SMILES string of the molecule is N#Cc1cccc(S(=O)(=O)N2C3CCC2CN(C(=O)c2cn[nH]n2)C3)c1. The summed E-state index contributed by atoms with van der Waals surface area (Å²) < 4.78 is 27.7. The van der Waals surface area contributed by atoms with E-state index in [0.717, 1.165) is 0 Å². The van der Waals surface area contributed by atoms with Crippen LogP contribution in [0, 0.1) is 11.3 Å². The normalized spacial score (nSPS) is 23.0. The summed E-state index contributed by atoms with van der Waals surface area (Å²) in [6.07, 6.45) is 2.76. The molecule has 9 nitrogen and oxygen atoms in total. The summed E-state index contributed by atoms with van der Waals surface area (Å²) >= 11 is 0. The van der Waals surface area contributed by atoms with Gasteiger partial charge in [-0.15, -0.1) is 0 Å². The summed E-state index contributed by atoms with van der Waals surface area (Å²) in [4.78, 5) is 14.2. The number of H-pyrrole nitrogens is 1. The van der Waals surface area contributed by atoms with Crippen LogP contribution in [0.1, 0.15) is 28.9 Å². The molecule has 1 N–H and O–H groups in total. The summed E-state index contributed by atoms with van der Waals surface area (Å²) in [7, 11) is -3.72. The molecule has 2 saturated heterocycles. The van der Waals surface area contributed by atoms with Gasteiger partial charge >= 0.3 is 0 Å². The van der Waals surface area contributed by atoms with Crippen LogP contribution in [0.4, 0.5) is 0 Å². The lowest BCUT2D eigenvalue weighted by Gasteiger charge is -2.39. The summed E-state index contributed by atoms with van der Waals surface area (Å²) in [5.41, 5.74) is 0.528. The number of aromatic nitrogens is 3. The Labute approximate surface area is 150 Å². The van der Waals surface area contributed by atoms with Crippen LogP contribution in [0.5, 0.6) is 0 Å². The highest BCUT2D eigenvalue weighted by molar-refractivity contribution is 7.89. The maximum absolute atomic E-state index is 13.1. The Hall–Kier alpha value is -2.77. The predicted molar refractivity (Wildman–Crippen MR) is 89.3 cm³/mol. The van der Waals surface area contributed by atoms with E-state index in [9.17, 15) is 13.2 Å². The number of nitrogens with zero attached hydrogens (tertiary/aromatic N) is 5. The van der Waals surface area contributed by atoms with Crippen LogP contribution in [0.2, 0.25) is 0 Å². The number of piperazine rings is 1. The van der Waals surface area contributed by atoms with Gasteiger partial charge < -0.3 is 4.90 Å². The second-order valence-electron chi connectivity index (χ2n) is 6.42. The first kappa shape index (κ1) is 16.7. The van der Waals surface area contributed by atoms with E-state index in [1.807, 2.05) is 6.07 Å². The molecule has 2 unspecified atom stereocenters. The van der Waals surface area contributed by atoms with Gasteiger partial charge in [-0.3, -0.25) is 4.79 Å². The zero-order valence-corrected chi connectivity index (χ0v) is 14.6. The number of rotatable bonds is 3. The molecule has 2 bridgehead atoms. The highest BCUT2D eigenvalue weighted by Crippen LogP contribution is 2.35. The van der Waals surface area contributed by atoms with Gasteiger partial charge in [0.1, 0.15) is 0 Å². The van der Waals surface area contributed by atoms with E-state index in [1.54, 1.807) is 17.0 Å². The number of sulfonamides is 1. The monoisotopic (exact) mass is 372 g/mol. The van der Waals surface area contributed by atoms with E-state index in [0.29, 0.717) is 31.5 Å². The van der Waals surface area contributed by atoms with Crippen LogP contribution < -0.4 is 0 Å². The van der Waals surface area contributed by atoms with Crippen molar-refractivity contribution in [3.05, 3.63) is 41.7 Å². The van der Waals surface area contributed by atoms with Gasteiger partial charge in [0.2, 0.25) is 10.0 Å². The van der Waals surface area contributed by atoms with Crippen LogP contribution in [0.3, 0.4) is 0 Å². The Balaban J connectivity index is 1.60. The summed E-state index contributed by atoms with van der Waals surface area (Å²) in [5, 5.41) is 18.9. The van der Waals surface area contributed by atoms with Gasteiger partial charge in [-0.05, 0) is 31.0 Å². The number of hydrogen-bond donors (Lipinski definition) is 1. The molecule has 0 radical (unpaired) electrons. The summed E-state index contributed by atoms with van der Waals surface area (Å²) in [5.74, 6) is -0.251. The van der Waals surface area contributed by atoms with Gasteiger partial charge in [-0.2, -0.15) is 25.0 Å². The molecular formula is C16H16N6O3S. The number of carbonyl (C=O) groups excluding carboxylic acids is 1. The number of hydrogen-bond acceptors (Lipinski definition) is 6. The largest absolute Gasteiger partial charge is 0.334 e. The number of fused-ring (bicyclic) bond motifs is 2. The van der Waals surface area contributed by atoms with Crippen LogP contribution in [0.25, 0.3) is 0 Å². The standard InChI is InChI=1S/C16H16N6O3S/c17-7-11-2-1-3-14(6-11)26(24,25)22-12-4-5-13(22)10-21(9-12)16(23)15-8-18-20-19-15/h1-3,6,8,12-13H,4-5,9-10H2,(H,18,19,20). The molecule has 10 heteroatoms. The minimum absolute atomic E-state index is 0.115. The molecular weight excluding hydrogens is 356 g/mol. The Morgan fingerprint density at radius 2 is 2.00 bits per heavy atom. The van der Waals surface area contributed by atoms with Crippen molar-refractivity contribution in [2.45, 2.75) is 29.8 Å². The quantitative estimate of drug-likeness (QED) is 0.829. The van der Waals surface area contributed by atoms with Gasteiger partial charge in [0, 0.05) is 25.2 Å². The molecule has 0 aliphatic carbocycles. The molecule has 2 fully saturated rings. The van der Waals surface area contributed by atoms with Crippen LogP contribution in [-0.2, 0) is 10.0 Å². The third kappa shape index (κ3) is 2.65. The van der Waals surface area contributed by atoms with E-state index >= 15 is 0 Å². The number of amides is 1. The van der Waals surface area contributed by atoms with Gasteiger partial charge in [0.05, 0.1) is 22.7 Å². The maximum Gasteiger partial charge on any atom is 0.276 e. The fraction of sp³-hybridized carbons (Fsp3) is 0.375. The van der Waals surface area contributed by atoms with E-state index in [-0.39, 0.29) is 28.6 Å². The van der Waals surface area contributed by atoms with Gasteiger partial charge in [-0.25, -0.2) is 8.42 Å². The average molecular weight is 372 g/mol. The average Bonchev–Trinajstić information content (AvgIpc) is 3.28. The number of aromatic amines is 1. The first-order chi connectivity index (χ1) is 12.5. The highest BCUT2D eigenvalue weighted by Gasteiger charge is 2.48. The van der Waals surface area contributed by atoms with Crippen molar-refractivity contribution in [1.82, 2.24) is 24.6 Å². The topological polar surface area (TPSA) is 123 Å². The summed E-state index contributed by atoms with van der Waals surface area (Å²) in [6.45, 7) is 0.638. The van der Waals surface area contributed by atoms with Gasteiger partial charge in [0.15, 0.2) is 5.69 Å². The first-order valence-electron chi connectivity index (χ1n) is 8.19. The van der Waals surface area contributed by atoms with Crippen LogP contribution in [-0.4, -0.2) is 64.1 Å². The van der Waals surface area contributed by atoms with E-state index in [4.69, 9.17) is 5.26 Å². The number of benzene rings is 1. The zero-order chi connectivity index (χ0) is 18.3. The van der Waals surface area contributed by atoms with Crippen molar-refractivity contribution in [3.63, 3.8) is 0 Å². The van der Waals surface area contributed by atoms with E-state index in [1.165, 1.54) is 22.6 Å². The third-order valence-electron chi connectivity index (χ3n) is 4.88. The molecule has 0 saturated carbocycles. The van der Waals surface area contributed by atoms with Crippen molar-refractivity contribution in [2.24, 2.45) is 0 Å². The number of nitrogens with one attached hydrogen (secondary N) is 1. The Kier molecular flexibility index (Phi) is 3.97. The van der Waals surface area contributed by atoms with Gasteiger partial charge in [0.25, 0.3) is 5.91 Å². The minimum Gasteiger partial charge on any atom is -0.334 e. The lowest BCUT2D eigenvalue weighted by Crippen LogP contribution is -2.57. The van der Waals surface area contributed by atoms with E-state index < -0.39 is 10.0 Å². The van der Waals surface area contributed by atoms with Crippen molar-refractivity contribution < 1.29 is 13.2 Å². The second kappa shape index (κ2) is 6.19. The molecule has 1 aromatic heterocycles. The highest BCUT2D eigenvalue weighted by atomic mass is 32.2. The zero-order valence-electron chi connectivity index (χ0n) is 13.7. The molecule has 1 aromatic carbocycles. The second-order valence-corrected chi connectivity index (χ2v) is 8.27. The number of likely N-dealkylation sites (tertiary alicyclic amines) is 1. The molecule has 2 atom stereocenters. The molecule has 3 heterocycles. The van der Waals surface area contributed by atoms with Crippen molar-refractivity contribution >= 4 is 15.9 Å². The molecule has 0 spiro atoms. The van der Waals surface area contributed by atoms with E-state index in [2.05, 4.69) is 15.4 Å². The fourth-order valence-corrected chi connectivity index (χ4v) is 5.64. The molecule has 2 aliphatic rings. The van der Waals surface area contributed by atoms with Crippen LogP contribution in [0.15, 0.2) is 35.4 Å². The van der Waals surface area contributed by atoms with Crippen LogP contribution >= 0.6 is 0 Å². The molecule has 1 amide bonds. The Bertz CT molecular complexity index is 968. The fourth-order valence-electron chi connectivity index (χ4n) is 3.74. The maximum atomic E-state index is 13.1. The number of nitriles is 1. The summed E-state index contributed by atoms with van der Waals surface area (Å²) in [6, 6.07) is 7.44. The lowest BCUT2D eigenvalue weighted by molar-refractivity contribution is 0.0609. The van der Waals surface area contributed by atoms with Crippen molar-refractivity contribution in [1.29, 1.82) is 5.26 Å². The lowest BCUT2D eigenvalue weighted by atomic mass is 10.2. The van der Waals surface area contributed by atoms with Crippen molar-refractivity contribution in [2.75, 3.05) is 13.1 Å². The Morgan fingerprint density at radius 3 is 2.62 bits per heavy atom. The molecule has 134 valence electrons. The Morgan fingerprint density at radius 1 is 1.27 bits per heavy atom. The predicted octanol–water partition coefficient (Wildman–Crippen LogP) is 0.354. The molecule has 2 aliphatic heterocycles. The first-order valence-corrected chi connectivity index (χ1v) is 9.63. The van der Waals surface area contributed by atoms with Crippen molar-refractivity contribution in [3.8, 4) is 6.07 Å². The molecule has 4 rings (SSSR count). The smallest absolute Gasteiger partial charge is 0.276 e. The molecule has 26 heavy (non-hydrogen) atoms.